The van der Waals surface area contributed by atoms with Crippen LogP contribution in [0.15, 0.2) is 18.7 Å². The van der Waals surface area contributed by atoms with E-state index in [0.717, 1.165) is 24.9 Å². The first-order valence-corrected chi connectivity index (χ1v) is 8.25. The molecule has 0 saturated heterocycles. The molecule has 1 atom stereocenters. The Labute approximate surface area is 109 Å². The molecule has 1 aromatic heterocycles. The van der Waals surface area contributed by atoms with E-state index < -0.39 is 9.84 Å². The average molecular weight is 271 g/mol. The first-order chi connectivity index (χ1) is 8.53. The van der Waals surface area contributed by atoms with Gasteiger partial charge in [0.1, 0.15) is 16.2 Å². The van der Waals surface area contributed by atoms with E-state index in [9.17, 15) is 8.42 Å². The van der Waals surface area contributed by atoms with Crippen LogP contribution in [0.25, 0.3) is 0 Å². The number of rotatable bonds is 8. The molecule has 1 heterocycles. The van der Waals surface area contributed by atoms with Crippen molar-refractivity contribution in [3.05, 3.63) is 24.3 Å². The molecule has 5 nitrogen and oxygen atoms in total. The van der Waals surface area contributed by atoms with E-state index in [1.54, 1.807) is 12.4 Å². The molecule has 0 aliphatic heterocycles. The number of nitrogens with one attached hydrogen (secondary N) is 1. The van der Waals surface area contributed by atoms with Crippen molar-refractivity contribution in [1.29, 1.82) is 0 Å². The van der Waals surface area contributed by atoms with Gasteiger partial charge in [0.05, 0.1) is 0 Å². The Balaban J connectivity index is 2.56. The second-order valence-electron chi connectivity index (χ2n) is 4.45. The Hall–Kier alpha value is -1.01. The summed E-state index contributed by atoms with van der Waals surface area (Å²) in [6.45, 7) is 3.00. The number of nitrogens with zero attached hydrogens (tertiary/aromatic N) is 2. The van der Waals surface area contributed by atoms with Crippen molar-refractivity contribution in [2.75, 3.05) is 18.6 Å². The van der Waals surface area contributed by atoms with Gasteiger partial charge in [-0.25, -0.2) is 18.4 Å². The molecule has 0 saturated carbocycles. The van der Waals surface area contributed by atoms with Gasteiger partial charge in [-0.15, -0.1) is 0 Å². The quantitative estimate of drug-likeness (QED) is 0.772. The van der Waals surface area contributed by atoms with Crippen molar-refractivity contribution in [2.45, 2.75) is 32.2 Å². The van der Waals surface area contributed by atoms with E-state index in [2.05, 4.69) is 22.2 Å². The second kappa shape index (κ2) is 7.43. The third-order valence-electron chi connectivity index (χ3n) is 2.63. The van der Waals surface area contributed by atoms with Crippen molar-refractivity contribution >= 4 is 9.84 Å². The van der Waals surface area contributed by atoms with Gasteiger partial charge in [-0.1, -0.05) is 6.92 Å². The summed E-state index contributed by atoms with van der Waals surface area (Å²) < 4.78 is 22.2. The maximum Gasteiger partial charge on any atom is 0.147 e. The maximum atomic E-state index is 11.1. The van der Waals surface area contributed by atoms with E-state index in [1.165, 1.54) is 12.6 Å². The summed E-state index contributed by atoms with van der Waals surface area (Å²) in [7, 11) is -2.88. The van der Waals surface area contributed by atoms with Crippen LogP contribution in [0, 0.1) is 0 Å². The van der Waals surface area contributed by atoms with Gasteiger partial charge in [-0.05, 0) is 25.8 Å². The number of aromatic nitrogens is 2. The molecule has 0 bridgehead atoms. The van der Waals surface area contributed by atoms with E-state index in [0.29, 0.717) is 6.42 Å². The first-order valence-electron chi connectivity index (χ1n) is 6.19. The Morgan fingerprint density at radius 2 is 2.00 bits per heavy atom. The fourth-order valence-corrected chi connectivity index (χ4v) is 2.44. The van der Waals surface area contributed by atoms with Crippen LogP contribution in [0.3, 0.4) is 0 Å². The van der Waals surface area contributed by atoms with Crippen LogP contribution in [0.5, 0.6) is 0 Å². The molecule has 0 fully saturated rings. The molecule has 6 heteroatoms. The molecule has 0 aliphatic rings. The Morgan fingerprint density at radius 3 is 2.56 bits per heavy atom. The molecule has 18 heavy (non-hydrogen) atoms. The van der Waals surface area contributed by atoms with E-state index in [1.807, 2.05) is 0 Å². The molecule has 1 N–H and O–H groups in total. The predicted molar refractivity (Wildman–Crippen MR) is 72.0 cm³/mol. The standard InChI is InChI=1S/C12H21N3O2S/c1-3-6-15-12(5-4-7-18(2,16)17)11-8-13-10-14-9-11/h8-10,12,15H,3-7H2,1-2H3. The molecule has 1 unspecified atom stereocenters. The summed E-state index contributed by atoms with van der Waals surface area (Å²) in [6.07, 6.45) is 8.79. The van der Waals surface area contributed by atoms with Crippen LogP contribution < -0.4 is 5.32 Å². The number of hydrogen-bond donors (Lipinski definition) is 1. The van der Waals surface area contributed by atoms with Gasteiger partial charge >= 0.3 is 0 Å². The molecular weight excluding hydrogens is 250 g/mol. The zero-order valence-electron chi connectivity index (χ0n) is 11.0. The first kappa shape index (κ1) is 15.0. The molecule has 0 amide bonds. The predicted octanol–water partition coefficient (Wildman–Crippen LogP) is 1.34. The van der Waals surface area contributed by atoms with Gasteiger partial charge in [-0.2, -0.15) is 0 Å². The number of sulfone groups is 1. The van der Waals surface area contributed by atoms with Gasteiger partial charge in [-0.3, -0.25) is 0 Å². The fourth-order valence-electron chi connectivity index (χ4n) is 1.75. The molecule has 0 radical (unpaired) electrons. The summed E-state index contributed by atoms with van der Waals surface area (Å²) in [4.78, 5) is 8.00. The van der Waals surface area contributed by atoms with Crippen LogP contribution in [0.2, 0.25) is 0 Å². The minimum Gasteiger partial charge on any atom is -0.310 e. The Morgan fingerprint density at radius 1 is 1.33 bits per heavy atom. The summed E-state index contributed by atoms with van der Waals surface area (Å²) in [5, 5.41) is 3.40. The lowest BCUT2D eigenvalue weighted by Gasteiger charge is -2.17. The van der Waals surface area contributed by atoms with Crippen molar-refractivity contribution < 1.29 is 8.42 Å². The molecule has 1 rings (SSSR count). The lowest BCUT2D eigenvalue weighted by molar-refractivity contribution is 0.490. The lowest BCUT2D eigenvalue weighted by Crippen LogP contribution is -2.23. The van der Waals surface area contributed by atoms with Gasteiger partial charge < -0.3 is 5.32 Å². The third-order valence-corrected chi connectivity index (χ3v) is 3.66. The molecule has 0 aromatic carbocycles. The summed E-state index contributed by atoms with van der Waals surface area (Å²) in [5.41, 5.74) is 1.01. The normalized spacial score (nSPS) is 13.4. The Kier molecular flexibility index (Phi) is 6.21. The fraction of sp³-hybridized carbons (Fsp3) is 0.667. The highest BCUT2D eigenvalue weighted by atomic mass is 32.2. The van der Waals surface area contributed by atoms with Gasteiger partial charge in [0, 0.05) is 36.0 Å². The zero-order valence-corrected chi connectivity index (χ0v) is 11.8. The number of hydrogen-bond acceptors (Lipinski definition) is 5. The van der Waals surface area contributed by atoms with E-state index in [4.69, 9.17) is 0 Å². The van der Waals surface area contributed by atoms with Crippen LogP contribution >= 0.6 is 0 Å². The van der Waals surface area contributed by atoms with Gasteiger partial charge in [0.15, 0.2) is 0 Å². The smallest absolute Gasteiger partial charge is 0.147 e. The second-order valence-corrected chi connectivity index (χ2v) is 6.71. The molecule has 0 aliphatic carbocycles. The molecule has 0 spiro atoms. The Bertz CT molecular complexity index is 434. The van der Waals surface area contributed by atoms with Gasteiger partial charge in [0.25, 0.3) is 0 Å². The van der Waals surface area contributed by atoms with Crippen LogP contribution in [-0.4, -0.2) is 36.9 Å². The summed E-state index contributed by atoms with van der Waals surface area (Å²) in [6, 6.07) is 0.132. The zero-order chi connectivity index (χ0) is 13.4. The molecule has 102 valence electrons. The van der Waals surface area contributed by atoms with Gasteiger partial charge in [0.2, 0.25) is 0 Å². The lowest BCUT2D eigenvalue weighted by atomic mass is 10.1. The molecule has 1 aromatic rings. The van der Waals surface area contributed by atoms with Crippen molar-refractivity contribution in [3.63, 3.8) is 0 Å². The minimum atomic E-state index is -2.88. The summed E-state index contributed by atoms with van der Waals surface area (Å²) in [5.74, 6) is 0.227. The monoisotopic (exact) mass is 271 g/mol. The SMILES string of the molecule is CCCNC(CCCS(C)(=O)=O)c1cncnc1. The minimum absolute atomic E-state index is 0.132. The highest BCUT2D eigenvalue weighted by Crippen LogP contribution is 2.17. The highest BCUT2D eigenvalue weighted by Gasteiger charge is 2.12. The van der Waals surface area contributed by atoms with Crippen molar-refractivity contribution in [3.8, 4) is 0 Å². The summed E-state index contributed by atoms with van der Waals surface area (Å²) >= 11 is 0. The molecular formula is C12H21N3O2S. The van der Waals surface area contributed by atoms with Crippen LogP contribution in [-0.2, 0) is 9.84 Å². The van der Waals surface area contributed by atoms with Crippen molar-refractivity contribution in [1.82, 2.24) is 15.3 Å². The third kappa shape index (κ3) is 6.07. The van der Waals surface area contributed by atoms with Crippen molar-refractivity contribution in [2.24, 2.45) is 0 Å². The highest BCUT2D eigenvalue weighted by molar-refractivity contribution is 7.90. The van der Waals surface area contributed by atoms with E-state index in [-0.39, 0.29) is 11.8 Å². The van der Waals surface area contributed by atoms with Crippen LogP contribution in [0.4, 0.5) is 0 Å². The maximum absolute atomic E-state index is 11.1. The van der Waals surface area contributed by atoms with Crippen LogP contribution in [0.1, 0.15) is 37.8 Å². The largest absolute Gasteiger partial charge is 0.310 e. The average Bonchev–Trinajstić information content (AvgIpc) is 2.33. The topological polar surface area (TPSA) is 72.0 Å². The van der Waals surface area contributed by atoms with E-state index >= 15 is 0 Å².